The van der Waals surface area contributed by atoms with Crippen molar-refractivity contribution >= 4 is 37.5 Å². The molecule has 2 saturated heterocycles. The summed E-state index contributed by atoms with van der Waals surface area (Å²) in [6, 6.07) is 4.12. The first-order chi connectivity index (χ1) is 15.2. The number of hydrogen-bond donors (Lipinski definition) is 1. The number of urea groups is 1. The van der Waals surface area contributed by atoms with E-state index in [-0.39, 0.29) is 22.4 Å². The number of rotatable bonds is 7. The Labute approximate surface area is 194 Å². The Morgan fingerprint density at radius 2 is 1.88 bits per heavy atom. The van der Waals surface area contributed by atoms with Crippen LogP contribution in [0.3, 0.4) is 0 Å². The predicted octanol–water partition coefficient (Wildman–Crippen LogP) is 0.671. The summed E-state index contributed by atoms with van der Waals surface area (Å²) in [6.07, 6.45) is 1.98. The maximum Gasteiger partial charge on any atom is 0.325 e. The molecule has 1 aromatic rings. The third kappa shape index (κ3) is 4.91. The van der Waals surface area contributed by atoms with Crippen molar-refractivity contribution in [3.63, 3.8) is 0 Å². The molecule has 3 atom stereocenters. The summed E-state index contributed by atoms with van der Waals surface area (Å²) in [6.45, 7) is 4.66. The highest BCUT2D eigenvalue weighted by Crippen LogP contribution is 2.30. The van der Waals surface area contributed by atoms with Gasteiger partial charge < -0.3 is 10.2 Å². The van der Waals surface area contributed by atoms with E-state index in [1.54, 1.807) is 0 Å². The van der Waals surface area contributed by atoms with E-state index in [0.29, 0.717) is 18.4 Å². The average molecular weight is 500 g/mol. The minimum atomic E-state index is -3.43. The standard InChI is InChI=1S/C21H29N3O7S2/c1-5-14(2)24(16-10-11-33(30,31)13-16)18(25)12-23-19(26)21(3,22-20(23)27)15-6-8-17(9-7-15)32(4,28)29/h6-9,14,16H,5,10-13H2,1-4H3,(H,22,27). The van der Waals surface area contributed by atoms with Crippen molar-refractivity contribution < 1.29 is 31.2 Å². The van der Waals surface area contributed by atoms with Gasteiger partial charge in [-0.1, -0.05) is 19.1 Å². The maximum absolute atomic E-state index is 13.2. The van der Waals surface area contributed by atoms with E-state index in [4.69, 9.17) is 0 Å². The van der Waals surface area contributed by atoms with Crippen LogP contribution in [-0.2, 0) is 34.8 Å². The van der Waals surface area contributed by atoms with Gasteiger partial charge in [0.15, 0.2) is 19.7 Å². The minimum Gasteiger partial charge on any atom is -0.334 e. The van der Waals surface area contributed by atoms with Crippen LogP contribution in [0.5, 0.6) is 0 Å². The number of amides is 4. The predicted molar refractivity (Wildman–Crippen MR) is 121 cm³/mol. The molecular formula is C21H29N3O7S2. The second-order valence-electron chi connectivity index (χ2n) is 8.86. The van der Waals surface area contributed by atoms with Crippen LogP contribution in [0.15, 0.2) is 29.2 Å². The zero-order valence-corrected chi connectivity index (χ0v) is 20.7. The highest BCUT2D eigenvalue weighted by molar-refractivity contribution is 7.91. The first kappa shape index (κ1) is 25.2. The number of benzene rings is 1. The largest absolute Gasteiger partial charge is 0.334 e. The lowest BCUT2D eigenvalue weighted by Gasteiger charge is -2.34. The van der Waals surface area contributed by atoms with Crippen LogP contribution < -0.4 is 5.32 Å². The fraction of sp³-hybridized carbons (Fsp3) is 0.571. The maximum atomic E-state index is 13.2. The van der Waals surface area contributed by atoms with Gasteiger partial charge in [0, 0.05) is 18.3 Å². The van der Waals surface area contributed by atoms with E-state index in [0.717, 1.165) is 11.2 Å². The van der Waals surface area contributed by atoms with Crippen LogP contribution in [0, 0.1) is 0 Å². The Kier molecular flexibility index (Phi) is 6.64. The fourth-order valence-corrected chi connectivity index (χ4v) is 6.63. The van der Waals surface area contributed by atoms with Crippen molar-refractivity contribution in [3.05, 3.63) is 29.8 Å². The highest BCUT2D eigenvalue weighted by Gasteiger charge is 2.50. The Hall–Kier alpha value is -2.47. The molecule has 12 heteroatoms. The molecule has 4 amide bonds. The number of carbonyl (C=O) groups is 3. The lowest BCUT2D eigenvalue weighted by Crippen LogP contribution is -2.51. The Morgan fingerprint density at radius 1 is 1.27 bits per heavy atom. The van der Waals surface area contributed by atoms with E-state index in [9.17, 15) is 31.2 Å². The number of carbonyl (C=O) groups excluding carboxylic acids is 3. The van der Waals surface area contributed by atoms with Crippen LogP contribution in [0.1, 0.15) is 39.2 Å². The summed E-state index contributed by atoms with van der Waals surface area (Å²) in [5, 5.41) is 2.60. The van der Waals surface area contributed by atoms with Gasteiger partial charge in [0.25, 0.3) is 5.91 Å². The van der Waals surface area contributed by atoms with Crippen molar-refractivity contribution in [2.24, 2.45) is 0 Å². The van der Waals surface area contributed by atoms with Gasteiger partial charge in [-0.25, -0.2) is 21.6 Å². The monoisotopic (exact) mass is 499 g/mol. The quantitative estimate of drug-likeness (QED) is 0.544. The lowest BCUT2D eigenvalue weighted by atomic mass is 9.92. The summed E-state index contributed by atoms with van der Waals surface area (Å²) in [4.78, 5) is 41.4. The van der Waals surface area contributed by atoms with Crippen molar-refractivity contribution in [1.82, 2.24) is 15.1 Å². The summed E-state index contributed by atoms with van der Waals surface area (Å²) in [5.41, 5.74) is -1.09. The lowest BCUT2D eigenvalue weighted by molar-refractivity contribution is -0.141. The molecule has 3 unspecified atom stereocenters. The van der Waals surface area contributed by atoms with Crippen molar-refractivity contribution in [1.29, 1.82) is 0 Å². The highest BCUT2D eigenvalue weighted by atomic mass is 32.2. The van der Waals surface area contributed by atoms with Crippen LogP contribution in [-0.4, -0.2) is 80.9 Å². The van der Waals surface area contributed by atoms with Gasteiger partial charge in [-0.2, -0.15) is 0 Å². The van der Waals surface area contributed by atoms with Gasteiger partial charge in [-0.3, -0.25) is 14.5 Å². The third-order valence-electron chi connectivity index (χ3n) is 6.38. The van der Waals surface area contributed by atoms with E-state index in [2.05, 4.69) is 5.32 Å². The van der Waals surface area contributed by atoms with Gasteiger partial charge in [-0.05, 0) is 44.4 Å². The Balaban J connectivity index is 1.83. The topological polar surface area (TPSA) is 138 Å². The molecule has 182 valence electrons. The summed E-state index contributed by atoms with van der Waals surface area (Å²) in [7, 11) is -6.66. The van der Waals surface area contributed by atoms with Crippen LogP contribution in [0.4, 0.5) is 4.79 Å². The van der Waals surface area contributed by atoms with Crippen LogP contribution in [0.25, 0.3) is 0 Å². The number of imide groups is 1. The summed E-state index contributed by atoms with van der Waals surface area (Å²) in [5.74, 6) is -1.27. The van der Waals surface area contributed by atoms with Crippen LogP contribution >= 0.6 is 0 Å². The molecule has 3 rings (SSSR count). The SMILES string of the molecule is CCC(C)N(C(=O)CN1C(=O)NC(C)(c2ccc(S(C)(=O)=O)cc2)C1=O)C1CCS(=O)(=O)C1. The Morgan fingerprint density at radius 3 is 2.36 bits per heavy atom. The Bertz CT molecular complexity index is 1180. The van der Waals surface area contributed by atoms with Crippen LogP contribution in [0.2, 0.25) is 0 Å². The molecule has 2 fully saturated rings. The van der Waals surface area contributed by atoms with Gasteiger partial charge in [0.1, 0.15) is 12.1 Å². The second-order valence-corrected chi connectivity index (χ2v) is 13.1. The fourth-order valence-electron chi connectivity index (χ4n) is 4.29. The number of nitrogens with one attached hydrogen (secondary N) is 1. The van der Waals surface area contributed by atoms with E-state index in [1.165, 1.54) is 36.1 Å². The number of sulfone groups is 2. The van der Waals surface area contributed by atoms with E-state index in [1.807, 2.05) is 13.8 Å². The molecule has 0 aromatic heterocycles. The summed E-state index contributed by atoms with van der Waals surface area (Å²) >= 11 is 0. The molecule has 1 aromatic carbocycles. The van der Waals surface area contributed by atoms with E-state index < -0.39 is 55.6 Å². The van der Waals surface area contributed by atoms with Crippen molar-refractivity contribution in [2.75, 3.05) is 24.3 Å². The molecule has 10 nitrogen and oxygen atoms in total. The second kappa shape index (κ2) is 8.71. The number of nitrogens with zero attached hydrogens (tertiary/aromatic N) is 2. The molecule has 0 aliphatic carbocycles. The normalized spacial score (nSPS) is 25.7. The van der Waals surface area contributed by atoms with Gasteiger partial charge in [-0.15, -0.1) is 0 Å². The smallest absolute Gasteiger partial charge is 0.325 e. The minimum absolute atomic E-state index is 0.00254. The molecule has 0 saturated carbocycles. The zero-order valence-electron chi connectivity index (χ0n) is 19.1. The molecule has 2 aliphatic rings. The first-order valence-electron chi connectivity index (χ1n) is 10.7. The molecule has 0 spiro atoms. The first-order valence-corrected chi connectivity index (χ1v) is 14.4. The van der Waals surface area contributed by atoms with Gasteiger partial charge in [0.2, 0.25) is 5.91 Å². The van der Waals surface area contributed by atoms with E-state index >= 15 is 0 Å². The van der Waals surface area contributed by atoms with Crippen molar-refractivity contribution in [3.8, 4) is 0 Å². The summed E-state index contributed by atoms with van der Waals surface area (Å²) < 4.78 is 47.3. The molecule has 1 N–H and O–H groups in total. The molecule has 0 radical (unpaired) electrons. The number of hydrogen-bond acceptors (Lipinski definition) is 7. The third-order valence-corrected chi connectivity index (χ3v) is 9.26. The molecule has 2 aliphatic heterocycles. The molecule has 0 bridgehead atoms. The molecular weight excluding hydrogens is 470 g/mol. The van der Waals surface area contributed by atoms with Crippen molar-refractivity contribution in [2.45, 2.75) is 56.1 Å². The van der Waals surface area contributed by atoms with Gasteiger partial charge in [0.05, 0.1) is 16.4 Å². The molecule has 2 heterocycles. The average Bonchev–Trinajstić information content (AvgIpc) is 3.19. The zero-order chi connectivity index (χ0) is 24.8. The molecule has 33 heavy (non-hydrogen) atoms. The van der Waals surface area contributed by atoms with Gasteiger partial charge >= 0.3 is 6.03 Å².